The van der Waals surface area contributed by atoms with Crippen molar-refractivity contribution in [2.45, 2.75) is 32.5 Å². The molecule has 0 saturated carbocycles. The summed E-state index contributed by atoms with van der Waals surface area (Å²) in [5.74, 6) is 0. The molecule has 1 aromatic carbocycles. The van der Waals surface area contributed by atoms with Gasteiger partial charge in [0.25, 0.3) is 0 Å². The van der Waals surface area contributed by atoms with Crippen molar-refractivity contribution in [2.75, 3.05) is 6.54 Å². The van der Waals surface area contributed by atoms with Crippen molar-refractivity contribution < 1.29 is 5.11 Å². The van der Waals surface area contributed by atoms with Gasteiger partial charge in [0.15, 0.2) is 0 Å². The third-order valence-corrected chi connectivity index (χ3v) is 3.82. The largest absolute Gasteiger partial charge is 0.392 e. The third kappa shape index (κ3) is 4.74. The summed E-state index contributed by atoms with van der Waals surface area (Å²) in [6, 6.07) is 10.4. The Bertz CT molecular complexity index is 458. The van der Waals surface area contributed by atoms with Gasteiger partial charge in [0.1, 0.15) is 0 Å². The number of benzene rings is 1. The minimum Gasteiger partial charge on any atom is -0.392 e. The van der Waals surface area contributed by atoms with E-state index in [-0.39, 0.29) is 6.10 Å². The highest BCUT2D eigenvalue weighted by molar-refractivity contribution is 7.09. The van der Waals surface area contributed by atoms with Gasteiger partial charge >= 0.3 is 0 Å². The summed E-state index contributed by atoms with van der Waals surface area (Å²) in [7, 11) is 0. The Morgan fingerprint density at radius 2 is 2.05 bits per heavy atom. The molecule has 1 atom stereocenters. The molecular formula is C15H20N2OS. The first-order valence-corrected chi connectivity index (χ1v) is 7.47. The summed E-state index contributed by atoms with van der Waals surface area (Å²) in [4.78, 5) is 7.62. The fourth-order valence-electron chi connectivity index (χ4n) is 1.99. The van der Waals surface area contributed by atoms with E-state index in [1.54, 1.807) is 11.3 Å². The van der Waals surface area contributed by atoms with Crippen molar-refractivity contribution in [3.8, 4) is 0 Å². The van der Waals surface area contributed by atoms with Gasteiger partial charge in [0, 0.05) is 30.7 Å². The van der Waals surface area contributed by atoms with E-state index in [1.165, 1.54) is 10.4 Å². The minimum absolute atomic E-state index is 0.267. The Balaban J connectivity index is 2.01. The molecule has 2 aromatic rings. The highest BCUT2D eigenvalue weighted by Gasteiger charge is 2.12. The molecule has 1 heterocycles. The molecule has 2 rings (SSSR count). The molecule has 0 spiro atoms. The Kier molecular flexibility index (Phi) is 5.51. The van der Waals surface area contributed by atoms with Crippen LogP contribution in [0.2, 0.25) is 0 Å². The van der Waals surface area contributed by atoms with E-state index in [2.05, 4.69) is 34.1 Å². The minimum atomic E-state index is -0.267. The quantitative estimate of drug-likeness (QED) is 0.844. The molecule has 0 aliphatic heterocycles. The predicted octanol–water partition coefficient (Wildman–Crippen LogP) is 2.92. The lowest BCUT2D eigenvalue weighted by Crippen LogP contribution is -2.31. The summed E-state index contributed by atoms with van der Waals surface area (Å²) >= 11 is 1.66. The molecule has 0 radical (unpaired) electrons. The molecule has 0 aliphatic rings. The Morgan fingerprint density at radius 1 is 1.26 bits per heavy atom. The number of aliphatic hydroxyl groups excluding tert-OH is 1. The van der Waals surface area contributed by atoms with E-state index in [4.69, 9.17) is 0 Å². The van der Waals surface area contributed by atoms with Crippen molar-refractivity contribution in [3.63, 3.8) is 0 Å². The van der Waals surface area contributed by atoms with Crippen molar-refractivity contribution in [1.82, 2.24) is 9.88 Å². The highest BCUT2D eigenvalue weighted by atomic mass is 32.1. The molecule has 19 heavy (non-hydrogen) atoms. The second kappa shape index (κ2) is 7.38. The van der Waals surface area contributed by atoms with Crippen LogP contribution in [0.3, 0.4) is 0 Å². The van der Waals surface area contributed by atoms with Crippen LogP contribution in [0.5, 0.6) is 0 Å². The molecule has 1 N–H and O–H groups in total. The lowest BCUT2D eigenvalue weighted by Gasteiger charge is -2.24. The summed E-state index contributed by atoms with van der Waals surface area (Å²) in [5.41, 5.74) is 3.13. The monoisotopic (exact) mass is 276 g/mol. The van der Waals surface area contributed by atoms with E-state index in [1.807, 2.05) is 24.7 Å². The zero-order valence-electron chi connectivity index (χ0n) is 11.2. The first kappa shape index (κ1) is 14.2. The second-order valence-corrected chi connectivity index (χ2v) is 5.66. The van der Waals surface area contributed by atoms with Crippen LogP contribution in [0.25, 0.3) is 0 Å². The van der Waals surface area contributed by atoms with E-state index < -0.39 is 0 Å². The Morgan fingerprint density at radius 3 is 2.68 bits per heavy atom. The third-order valence-electron chi connectivity index (χ3n) is 3.05. The number of aliphatic hydroxyl groups is 1. The molecule has 3 nitrogen and oxygen atoms in total. The van der Waals surface area contributed by atoms with Gasteiger partial charge in [-0.2, -0.15) is 0 Å². The smallest absolute Gasteiger partial charge is 0.0794 e. The molecule has 0 bridgehead atoms. The first-order chi connectivity index (χ1) is 9.28. The van der Waals surface area contributed by atoms with Crippen LogP contribution in [0.1, 0.15) is 23.8 Å². The first-order valence-electron chi connectivity index (χ1n) is 6.59. The van der Waals surface area contributed by atoms with Crippen molar-refractivity contribution in [1.29, 1.82) is 0 Å². The van der Waals surface area contributed by atoms with E-state index >= 15 is 0 Å². The Hall–Kier alpha value is -1.23. The van der Waals surface area contributed by atoms with Gasteiger partial charge in [-0.05, 0) is 12.0 Å². The van der Waals surface area contributed by atoms with Gasteiger partial charge in [-0.25, -0.2) is 0 Å². The summed E-state index contributed by atoms with van der Waals surface area (Å²) in [5, 5.41) is 9.88. The number of hydrogen-bond donors (Lipinski definition) is 1. The number of aromatic nitrogens is 1. The van der Waals surface area contributed by atoms with Crippen LogP contribution < -0.4 is 0 Å². The predicted molar refractivity (Wildman–Crippen MR) is 79.0 cm³/mol. The zero-order valence-corrected chi connectivity index (χ0v) is 12.0. The fourth-order valence-corrected chi connectivity index (χ4v) is 2.63. The molecule has 102 valence electrons. The lowest BCUT2D eigenvalue weighted by atomic mass is 10.2. The van der Waals surface area contributed by atoms with E-state index in [0.29, 0.717) is 6.54 Å². The Labute approximate surface area is 118 Å². The summed E-state index contributed by atoms with van der Waals surface area (Å²) < 4.78 is 0. The van der Waals surface area contributed by atoms with Crippen LogP contribution >= 0.6 is 11.3 Å². The zero-order chi connectivity index (χ0) is 13.5. The fraction of sp³-hybridized carbons (Fsp3) is 0.400. The molecular weight excluding hydrogens is 256 g/mol. The van der Waals surface area contributed by atoms with E-state index in [9.17, 15) is 5.11 Å². The standard InChI is InChI=1S/C15H20N2OS/c1-2-14(18)10-17(11-15-8-16-12-19-15)9-13-6-4-3-5-7-13/h3-8,12,14,18H,2,9-11H2,1H3. The summed E-state index contributed by atoms with van der Waals surface area (Å²) in [6.07, 6.45) is 2.42. The maximum absolute atomic E-state index is 9.88. The second-order valence-electron chi connectivity index (χ2n) is 4.69. The van der Waals surface area contributed by atoms with Crippen molar-refractivity contribution >= 4 is 11.3 Å². The molecule has 0 amide bonds. The SMILES string of the molecule is CCC(O)CN(Cc1ccccc1)Cc1cncs1. The van der Waals surface area contributed by atoms with E-state index in [0.717, 1.165) is 19.5 Å². The van der Waals surface area contributed by atoms with Gasteiger partial charge in [0.05, 0.1) is 11.6 Å². The van der Waals surface area contributed by atoms with Crippen LogP contribution in [0.15, 0.2) is 42.0 Å². The van der Waals surface area contributed by atoms with Crippen molar-refractivity contribution in [2.24, 2.45) is 0 Å². The molecule has 0 aliphatic carbocycles. The molecule has 1 unspecified atom stereocenters. The molecule has 0 fully saturated rings. The molecule has 4 heteroatoms. The van der Waals surface area contributed by atoms with Gasteiger partial charge in [0.2, 0.25) is 0 Å². The van der Waals surface area contributed by atoms with Crippen LogP contribution in [0, 0.1) is 0 Å². The van der Waals surface area contributed by atoms with Crippen molar-refractivity contribution in [3.05, 3.63) is 52.5 Å². The van der Waals surface area contributed by atoms with Crippen LogP contribution in [-0.4, -0.2) is 27.6 Å². The number of hydrogen-bond acceptors (Lipinski definition) is 4. The lowest BCUT2D eigenvalue weighted by molar-refractivity contribution is 0.102. The molecule has 0 saturated heterocycles. The normalized spacial score (nSPS) is 12.8. The number of thiazole rings is 1. The average Bonchev–Trinajstić information content (AvgIpc) is 2.92. The average molecular weight is 276 g/mol. The van der Waals surface area contributed by atoms with Gasteiger partial charge < -0.3 is 5.11 Å². The van der Waals surface area contributed by atoms with Gasteiger partial charge in [-0.15, -0.1) is 11.3 Å². The summed E-state index contributed by atoms with van der Waals surface area (Å²) in [6.45, 7) is 4.41. The maximum atomic E-state index is 9.88. The number of nitrogens with zero attached hydrogens (tertiary/aromatic N) is 2. The van der Waals surface area contributed by atoms with Crippen LogP contribution in [0.4, 0.5) is 0 Å². The maximum Gasteiger partial charge on any atom is 0.0794 e. The van der Waals surface area contributed by atoms with Crippen LogP contribution in [-0.2, 0) is 13.1 Å². The topological polar surface area (TPSA) is 36.4 Å². The number of rotatable bonds is 7. The molecule has 1 aromatic heterocycles. The van der Waals surface area contributed by atoms with Gasteiger partial charge in [-0.1, -0.05) is 37.3 Å². The van der Waals surface area contributed by atoms with Gasteiger partial charge in [-0.3, -0.25) is 9.88 Å². The highest BCUT2D eigenvalue weighted by Crippen LogP contribution is 2.13.